The zero-order valence-electron chi connectivity index (χ0n) is 12.9. The van der Waals surface area contributed by atoms with Gasteiger partial charge >= 0.3 is 0 Å². The van der Waals surface area contributed by atoms with Gasteiger partial charge in [-0.05, 0) is 48.5 Å². The first-order chi connectivity index (χ1) is 12.0. The van der Waals surface area contributed by atoms with E-state index >= 15 is 0 Å². The minimum atomic E-state index is -3.80. The van der Waals surface area contributed by atoms with Crippen LogP contribution in [0.15, 0.2) is 74.8 Å². The Morgan fingerprint density at radius 2 is 1.72 bits per heavy atom. The second-order valence-electron chi connectivity index (χ2n) is 5.19. The Morgan fingerprint density at radius 1 is 1.04 bits per heavy atom. The molecule has 3 aromatic rings. The third-order valence-electron chi connectivity index (χ3n) is 3.57. The summed E-state index contributed by atoms with van der Waals surface area (Å²) < 4.78 is 36.2. The number of carbonyl (C=O) groups is 1. The van der Waals surface area contributed by atoms with E-state index in [4.69, 9.17) is 20.4 Å². The van der Waals surface area contributed by atoms with Crippen molar-refractivity contribution < 1.29 is 22.0 Å². The quantitative estimate of drug-likeness (QED) is 0.708. The maximum atomic E-state index is 13.0. The van der Waals surface area contributed by atoms with Crippen molar-refractivity contribution in [2.45, 2.75) is 10.1 Å². The number of sulfone groups is 1. The number of halogens is 1. The third kappa shape index (κ3) is 3.78. The normalized spacial score (nSPS) is 12.7. The van der Waals surface area contributed by atoms with Crippen molar-refractivity contribution in [1.29, 1.82) is 0 Å². The van der Waals surface area contributed by atoms with Crippen LogP contribution in [0.2, 0.25) is 5.02 Å². The highest BCUT2D eigenvalue weighted by molar-refractivity contribution is 7.91. The predicted octanol–water partition coefficient (Wildman–Crippen LogP) is 3.47. The van der Waals surface area contributed by atoms with E-state index in [-0.39, 0.29) is 23.0 Å². The molecule has 130 valence electrons. The van der Waals surface area contributed by atoms with Crippen LogP contribution >= 0.6 is 11.6 Å². The summed E-state index contributed by atoms with van der Waals surface area (Å²) in [5.74, 6) is -0.176. The summed E-state index contributed by atoms with van der Waals surface area (Å²) in [7, 11) is -3.80. The van der Waals surface area contributed by atoms with Crippen molar-refractivity contribution in [3.05, 3.63) is 77.6 Å². The molecule has 0 aliphatic rings. The summed E-state index contributed by atoms with van der Waals surface area (Å²) in [6.07, 6.45) is 2.75. The van der Waals surface area contributed by atoms with E-state index in [1.54, 1.807) is 18.2 Å². The summed E-state index contributed by atoms with van der Waals surface area (Å²) in [6.45, 7) is -0.169. The number of amides is 1. The maximum absolute atomic E-state index is 13.0. The Morgan fingerprint density at radius 3 is 2.32 bits per heavy atom. The Bertz CT molecular complexity index is 932. The van der Waals surface area contributed by atoms with E-state index in [1.165, 1.54) is 42.9 Å². The molecule has 0 radical (unpaired) electrons. The van der Waals surface area contributed by atoms with Gasteiger partial charge in [-0.2, -0.15) is 0 Å². The molecule has 0 bridgehead atoms. The highest BCUT2D eigenvalue weighted by atomic mass is 35.5. The van der Waals surface area contributed by atoms with Crippen LogP contribution in [0.1, 0.15) is 21.6 Å². The summed E-state index contributed by atoms with van der Waals surface area (Å²) in [4.78, 5) is 12.1. The first-order valence-electron chi connectivity index (χ1n) is 7.33. The average Bonchev–Trinajstić information content (AvgIpc) is 3.29. The third-order valence-corrected chi connectivity index (χ3v) is 5.90. The van der Waals surface area contributed by atoms with Gasteiger partial charge in [0.2, 0.25) is 0 Å². The Kier molecular flexibility index (Phi) is 4.96. The van der Waals surface area contributed by atoms with Crippen molar-refractivity contribution in [3.8, 4) is 0 Å². The van der Waals surface area contributed by atoms with Crippen molar-refractivity contribution in [2.75, 3.05) is 6.54 Å². The van der Waals surface area contributed by atoms with E-state index in [0.717, 1.165) is 0 Å². The molecule has 25 heavy (non-hydrogen) atoms. The monoisotopic (exact) mass is 379 g/mol. The molecular weight excluding hydrogens is 366 g/mol. The maximum Gasteiger partial charge on any atom is 0.287 e. The average molecular weight is 380 g/mol. The lowest BCUT2D eigenvalue weighted by atomic mass is 10.3. The fourth-order valence-corrected chi connectivity index (χ4v) is 4.02. The first-order valence-corrected chi connectivity index (χ1v) is 9.25. The molecule has 1 aromatic carbocycles. The van der Waals surface area contributed by atoms with Gasteiger partial charge in [0, 0.05) is 11.6 Å². The van der Waals surface area contributed by atoms with Crippen LogP contribution in [0, 0.1) is 0 Å². The molecule has 0 fully saturated rings. The number of hydrogen-bond acceptors (Lipinski definition) is 5. The van der Waals surface area contributed by atoms with Gasteiger partial charge in [-0.15, -0.1) is 0 Å². The van der Waals surface area contributed by atoms with E-state index in [0.29, 0.717) is 5.02 Å². The van der Waals surface area contributed by atoms with Crippen molar-refractivity contribution in [3.63, 3.8) is 0 Å². The minimum Gasteiger partial charge on any atom is -0.468 e. The van der Waals surface area contributed by atoms with E-state index in [2.05, 4.69) is 5.32 Å². The SMILES string of the molecule is O=C(NC[C@@H](c1ccco1)S(=O)(=O)c1ccc(Cl)cc1)c1ccco1. The van der Waals surface area contributed by atoms with Gasteiger partial charge in [0.25, 0.3) is 5.91 Å². The van der Waals surface area contributed by atoms with Gasteiger partial charge < -0.3 is 14.2 Å². The topological polar surface area (TPSA) is 89.5 Å². The number of furan rings is 2. The van der Waals surface area contributed by atoms with Gasteiger partial charge in [-0.3, -0.25) is 4.79 Å². The summed E-state index contributed by atoms with van der Waals surface area (Å²) in [5.41, 5.74) is 0. The Hall–Kier alpha value is -2.51. The van der Waals surface area contributed by atoms with Crippen molar-refractivity contribution in [2.24, 2.45) is 0 Å². The van der Waals surface area contributed by atoms with E-state index in [9.17, 15) is 13.2 Å². The molecule has 0 saturated carbocycles. The molecule has 2 heterocycles. The van der Waals surface area contributed by atoms with Crippen LogP contribution in [0.25, 0.3) is 0 Å². The molecule has 1 atom stereocenters. The van der Waals surface area contributed by atoms with Crippen LogP contribution in [-0.4, -0.2) is 20.9 Å². The largest absolute Gasteiger partial charge is 0.468 e. The van der Waals surface area contributed by atoms with Crippen LogP contribution in [-0.2, 0) is 9.84 Å². The van der Waals surface area contributed by atoms with Gasteiger partial charge in [0.05, 0.1) is 17.4 Å². The Balaban J connectivity index is 1.87. The smallest absolute Gasteiger partial charge is 0.287 e. The molecule has 6 nitrogen and oxygen atoms in total. The number of rotatable bonds is 6. The lowest BCUT2D eigenvalue weighted by Gasteiger charge is -2.16. The Labute approximate surface area is 149 Å². The van der Waals surface area contributed by atoms with Gasteiger partial charge in [-0.25, -0.2) is 8.42 Å². The van der Waals surface area contributed by atoms with Crippen molar-refractivity contribution >= 4 is 27.3 Å². The highest BCUT2D eigenvalue weighted by Crippen LogP contribution is 2.29. The van der Waals surface area contributed by atoms with Crippen LogP contribution in [0.3, 0.4) is 0 Å². The zero-order valence-corrected chi connectivity index (χ0v) is 14.5. The molecule has 8 heteroatoms. The second kappa shape index (κ2) is 7.16. The van der Waals surface area contributed by atoms with Crippen LogP contribution < -0.4 is 5.32 Å². The van der Waals surface area contributed by atoms with Gasteiger partial charge in [0.1, 0.15) is 11.0 Å². The summed E-state index contributed by atoms with van der Waals surface area (Å²) in [6, 6.07) is 12.0. The minimum absolute atomic E-state index is 0.0885. The molecule has 0 aliphatic carbocycles. The molecule has 0 unspecified atom stereocenters. The zero-order chi connectivity index (χ0) is 17.9. The van der Waals surface area contributed by atoms with E-state index < -0.39 is 21.0 Å². The number of hydrogen-bond donors (Lipinski definition) is 1. The molecule has 2 aromatic heterocycles. The molecular formula is C17H14ClNO5S. The van der Waals surface area contributed by atoms with Crippen LogP contribution in [0.5, 0.6) is 0 Å². The first kappa shape index (κ1) is 17.3. The van der Waals surface area contributed by atoms with E-state index in [1.807, 2.05) is 0 Å². The number of nitrogens with one attached hydrogen (secondary N) is 1. The lowest BCUT2D eigenvalue weighted by Crippen LogP contribution is -2.31. The number of benzene rings is 1. The second-order valence-corrected chi connectivity index (χ2v) is 7.76. The molecule has 0 spiro atoms. The highest BCUT2D eigenvalue weighted by Gasteiger charge is 2.32. The lowest BCUT2D eigenvalue weighted by molar-refractivity contribution is 0.0925. The standard InChI is InChI=1S/C17H14ClNO5S/c18-12-5-7-13(8-6-12)25(21,22)16(14-3-1-9-23-14)11-19-17(20)15-4-2-10-24-15/h1-10,16H,11H2,(H,19,20)/t16-/m0/s1. The summed E-state index contributed by atoms with van der Waals surface area (Å²) in [5, 5.41) is 1.91. The molecule has 0 saturated heterocycles. The van der Waals surface area contributed by atoms with Gasteiger partial charge in [-0.1, -0.05) is 11.6 Å². The predicted molar refractivity (Wildman–Crippen MR) is 91.1 cm³/mol. The fourth-order valence-electron chi connectivity index (χ4n) is 2.31. The fraction of sp³-hybridized carbons (Fsp3) is 0.118. The number of carbonyl (C=O) groups excluding carboxylic acids is 1. The molecule has 3 rings (SSSR count). The molecule has 1 amide bonds. The van der Waals surface area contributed by atoms with Crippen LogP contribution in [0.4, 0.5) is 0 Å². The molecule has 1 N–H and O–H groups in total. The molecule has 0 aliphatic heterocycles. The van der Waals surface area contributed by atoms with Gasteiger partial charge in [0.15, 0.2) is 15.6 Å². The summed E-state index contributed by atoms with van der Waals surface area (Å²) >= 11 is 5.82. The van der Waals surface area contributed by atoms with Crippen molar-refractivity contribution in [1.82, 2.24) is 5.32 Å².